The summed E-state index contributed by atoms with van der Waals surface area (Å²) in [5.74, 6) is 1.68. The van der Waals surface area contributed by atoms with E-state index in [1.165, 1.54) is 22.9 Å². The van der Waals surface area contributed by atoms with Gasteiger partial charge in [0, 0.05) is 10.8 Å². The average Bonchev–Trinajstić information content (AvgIpc) is 3.06. The molecule has 0 unspecified atom stereocenters. The Balaban J connectivity index is 1.61. The van der Waals surface area contributed by atoms with Crippen molar-refractivity contribution in [3.63, 3.8) is 0 Å². The minimum Gasteiger partial charge on any atom is -0.479 e. The number of hydrogen-bond acceptors (Lipinski definition) is 5. The van der Waals surface area contributed by atoms with Crippen molar-refractivity contribution in [2.45, 2.75) is 30.9 Å². The molecule has 1 heterocycles. The molecule has 2 aromatic carbocycles. The molecule has 1 atom stereocenters. The normalized spacial score (nSPS) is 12.2. The summed E-state index contributed by atoms with van der Waals surface area (Å²) in [5.41, 5.74) is 2.44. The van der Waals surface area contributed by atoms with Gasteiger partial charge in [0.15, 0.2) is 6.10 Å². The Morgan fingerprint density at radius 3 is 2.60 bits per heavy atom. The van der Waals surface area contributed by atoms with Crippen molar-refractivity contribution in [3.8, 4) is 5.75 Å². The van der Waals surface area contributed by atoms with Crippen LogP contribution in [0.5, 0.6) is 5.75 Å². The molecule has 0 bridgehead atoms. The molecule has 0 radical (unpaired) electrons. The summed E-state index contributed by atoms with van der Waals surface area (Å²) in [7, 11) is 0. The molecular formula is C18H16Cl2N2O2S. The minimum atomic E-state index is -0.417. The zero-order chi connectivity index (χ0) is 17.8. The van der Waals surface area contributed by atoms with Crippen LogP contribution < -0.4 is 4.74 Å². The summed E-state index contributed by atoms with van der Waals surface area (Å²) in [5, 5.41) is 9.61. The molecule has 0 aliphatic carbocycles. The Labute approximate surface area is 160 Å². The highest BCUT2D eigenvalue weighted by molar-refractivity contribution is 7.98. The quantitative estimate of drug-likeness (QED) is 0.471. The van der Waals surface area contributed by atoms with Crippen molar-refractivity contribution in [2.24, 2.45) is 0 Å². The van der Waals surface area contributed by atoms with Gasteiger partial charge in [-0.15, -0.1) is 10.2 Å². The average molecular weight is 395 g/mol. The van der Waals surface area contributed by atoms with Gasteiger partial charge >= 0.3 is 0 Å². The monoisotopic (exact) mass is 394 g/mol. The van der Waals surface area contributed by atoms with E-state index in [0.29, 0.717) is 26.9 Å². The topological polar surface area (TPSA) is 48.2 Å². The fraction of sp³-hybridized carbons (Fsp3) is 0.222. The number of ether oxygens (including phenoxy) is 1. The molecule has 4 nitrogen and oxygen atoms in total. The predicted molar refractivity (Wildman–Crippen MR) is 101 cm³/mol. The van der Waals surface area contributed by atoms with E-state index in [9.17, 15) is 0 Å². The van der Waals surface area contributed by atoms with E-state index in [-0.39, 0.29) is 0 Å². The molecule has 0 amide bonds. The van der Waals surface area contributed by atoms with Gasteiger partial charge in [-0.25, -0.2) is 0 Å². The van der Waals surface area contributed by atoms with Crippen LogP contribution in [0.2, 0.25) is 10.0 Å². The van der Waals surface area contributed by atoms with Crippen LogP contribution in [0.1, 0.15) is 30.0 Å². The van der Waals surface area contributed by atoms with Crippen molar-refractivity contribution in [2.75, 3.05) is 0 Å². The zero-order valence-corrected chi connectivity index (χ0v) is 16.0. The van der Waals surface area contributed by atoms with Crippen LogP contribution in [-0.2, 0) is 5.75 Å². The fourth-order valence-electron chi connectivity index (χ4n) is 2.08. The van der Waals surface area contributed by atoms with Crippen molar-refractivity contribution in [3.05, 3.63) is 69.5 Å². The summed E-state index contributed by atoms with van der Waals surface area (Å²) in [4.78, 5) is 0. The van der Waals surface area contributed by atoms with Crippen molar-refractivity contribution < 1.29 is 9.15 Å². The highest BCUT2D eigenvalue weighted by atomic mass is 35.5. The SMILES string of the molecule is Cc1ccc(CSc2nnc([C@H](C)Oc3ccc(Cl)cc3Cl)o2)cc1. The van der Waals surface area contributed by atoms with Gasteiger partial charge < -0.3 is 9.15 Å². The molecule has 7 heteroatoms. The van der Waals surface area contributed by atoms with Crippen molar-refractivity contribution in [1.82, 2.24) is 10.2 Å². The second-order valence-electron chi connectivity index (χ2n) is 5.52. The third-order valence-electron chi connectivity index (χ3n) is 3.45. The highest BCUT2D eigenvalue weighted by Gasteiger charge is 2.17. The van der Waals surface area contributed by atoms with Crippen LogP contribution in [0.25, 0.3) is 0 Å². The maximum absolute atomic E-state index is 6.11. The van der Waals surface area contributed by atoms with Gasteiger partial charge in [-0.2, -0.15) is 0 Å². The zero-order valence-electron chi connectivity index (χ0n) is 13.7. The van der Waals surface area contributed by atoms with Crippen LogP contribution in [-0.4, -0.2) is 10.2 Å². The van der Waals surface area contributed by atoms with Crippen molar-refractivity contribution in [1.29, 1.82) is 0 Å². The number of aryl methyl sites for hydroxylation is 1. The second-order valence-corrected chi connectivity index (χ2v) is 7.29. The first-order valence-electron chi connectivity index (χ1n) is 7.65. The Morgan fingerprint density at radius 2 is 1.88 bits per heavy atom. The summed E-state index contributed by atoms with van der Waals surface area (Å²) < 4.78 is 11.5. The first-order chi connectivity index (χ1) is 12.0. The smallest absolute Gasteiger partial charge is 0.277 e. The number of hydrogen-bond donors (Lipinski definition) is 0. The van der Waals surface area contributed by atoms with E-state index in [0.717, 1.165) is 5.75 Å². The van der Waals surface area contributed by atoms with Crippen LogP contribution in [0.4, 0.5) is 0 Å². The highest BCUT2D eigenvalue weighted by Crippen LogP contribution is 2.31. The molecule has 0 spiro atoms. The lowest BCUT2D eigenvalue weighted by molar-refractivity contribution is 0.182. The Bertz CT molecular complexity index is 853. The Kier molecular flexibility index (Phi) is 5.89. The maximum atomic E-state index is 6.11. The fourth-order valence-corrected chi connectivity index (χ4v) is 3.26. The molecule has 130 valence electrons. The molecule has 0 aliphatic heterocycles. The molecule has 0 aliphatic rings. The second kappa shape index (κ2) is 8.13. The van der Waals surface area contributed by atoms with Crippen LogP contribution in [0.15, 0.2) is 52.1 Å². The summed E-state index contributed by atoms with van der Waals surface area (Å²) in [6.07, 6.45) is -0.417. The van der Waals surface area contributed by atoms with Gasteiger partial charge in [-0.3, -0.25) is 0 Å². The molecular weight excluding hydrogens is 379 g/mol. The van der Waals surface area contributed by atoms with E-state index in [4.69, 9.17) is 32.4 Å². The number of nitrogens with zero attached hydrogens (tertiary/aromatic N) is 2. The molecule has 0 saturated carbocycles. The van der Waals surface area contributed by atoms with E-state index in [2.05, 4.69) is 41.4 Å². The van der Waals surface area contributed by atoms with Gasteiger partial charge in [0.2, 0.25) is 0 Å². The minimum absolute atomic E-state index is 0.400. The first-order valence-corrected chi connectivity index (χ1v) is 9.39. The molecule has 0 N–H and O–H groups in total. The third-order valence-corrected chi connectivity index (χ3v) is 4.87. The van der Waals surface area contributed by atoms with Crippen LogP contribution in [0, 0.1) is 6.92 Å². The molecule has 25 heavy (non-hydrogen) atoms. The standard InChI is InChI=1S/C18H16Cl2N2O2S/c1-11-3-5-13(6-4-11)10-25-18-22-21-17(24-18)12(2)23-16-8-7-14(19)9-15(16)20/h3-9,12H,10H2,1-2H3/t12-/m0/s1. The van der Waals surface area contributed by atoms with E-state index in [1.807, 2.05) is 6.92 Å². The number of thioether (sulfide) groups is 1. The van der Waals surface area contributed by atoms with Crippen molar-refractivity contribution >= 4 is 35.0 Å². The lowest BCUT2D eigenvalue weighted by atomic mass is 10.2. The van der Waals surface area contributed by atoms with E-state index < -0.39 is 6.10 Å². The lowest BCUT2D eigenvalue weighted by Crippen LogP contribution is -2.03. The number of rotatable bonds is 6. The molecule has 3 rings (SSSR count). The van der Waals surface area contributed by atoms with Crippen LogP contribution >= 0.6 is 35.0 Å². The summed E-state index contributed by atoms with van der Waals surface area (Å²) in [6.45, 7) is 3.89. The number of halogens is 2. The largest absolute Gasteiger partial charge is 0.479 e. The van der Waals surface area contributed by atoms with E-state index >= 15 is 0 Å². The third kappa shape index (κ3) is 4.91. The summed E-state index contributed by atoms with van der Waals surface area (Å²) in [6, 6.07) is 13.4. The van der Waals surface area contributed by atoms with Gasteiger partial charge in [-0.1, -0.05) is 64.8 Å². The lowest BCUT2D eigenvalue weighted by Gasteiger charge is -2.12. The number of benzene rings is 2. The number of aromatic nitrogens is 2. The van der Waals surface area contributed by atoms with E-state index in [1.54, 1.807) is 18.2 Å². The van der Waals surface area contributed by atoms with Gasteiger partial charge in [0.1, 0.15) is 5.75 Å². The Morgan fingerprint density at radius 1 is 1.12 bits per heavy atom. The first kappa shape index (κ1) is 18.1. The molecule has 3 aromatic rings. The van der Waals surface area contributed by atoms with Gasteiger partial charge in [-0.05, 0) is 37.6 Å². The van der Waals surface area contributed by atoms with Gasteiger partial charge in [0.25, 0.3) is 11.1 Å². The predicted octanol–water partition coefficient (Wildman–Crippen LogP) is 6.12. The summed E-state index contributed by atoms with van der Waals surface area (Å²) >= 11 is 13.5. The molecule has 1 aromatic heterocycles. The molecule has 0 saturated heterocycles. The Hall–Kier alpha value is -1.69. The molecule has 0 fully saturated rings. The van der Waals surface area contributed by atoms with Crippen LogP contribution in [0.3, 0.4) is 0 Å². The van der Waals surface area contributed by atoms with Gasteiger partial charge in [0.05, 0.1) is 5.02 Å². The maximum Gasteiger partial charge on any atom is 0.277 e.